The number of aryl methyl sites for hydroxylation is 2. The molecule has 13 nitrogen and oxygen atoms in total. The summed E-state index contributed by atoms with van der Waals surface area (Å²) in [6, 6.07) is 9.61. The molecule has 0 saturated heterocycles. The van der Waals surface area contributed by atoms with Gasteiger partial charge in [0.2, 0.25) is 11.3 Å². The van der Waals surface area contributed by atoms with Gasteiger partial charge in [0.15, 0.2) is 5.78 Å². The lowest BCUT2D eigenvalue weighted by Crippen LogP contribution is -2.45. The number of carbonyl (C=O) groups is 4. The summed E-state index contributed by atoms with van der Waals surface area (Å²) in [5.41, 5.74) is 9.37. The van der Waals surface area contributed by atoms with Crippen LogP contribution in [0.1, 0.15) is 133 Å². The summed E-state index contributed by atoms with van der Waals surface area (Å²) in [6.45, 7) is 12.5. The zero-order valence-corrected chi connectivity index (χ0v) is 41.0. The number of amides is 1. The molecule has 67 heavy (non-hydrogen) atoms. The second kappa shape index (κ2) is 22.8. The number of nitrogens with one attached hydrogen (secondary N) is 1. The molecule has 5 aliphatic rings. The topological polar surface area (TPSA) is 153 Å². The summed E-state index contributed by atoms with van der Waals surface area (Å²) >= 11 is 0. The minimum atomic E-state index is -1.02. The van der Waals surface area contributed by atoms with Crippen LogP contribution >= 0.6 is 21.6 Å². The monoisotopic (exact) mass is 956 g/mol. The van der Waals surface area contributed by atoms with E-state index in [1.54, 1.807) is 33.7 Å². The molecular formula is C52H66N3O10S2+. The zero-order chi connectivity index (χ0) is 46.9. The van der Waals surface area contributed by atoms with Crippen molar-refractivity contribution in [3.05, 3.63) is 85.4 Å². The van der Waals surface area contributed by atoms with Crippen LogP contribution in [0.2, 0.25) is 0 Å². The Hall–Kier alpha value is -4.41. The van der Waals surface area contributed by atoms with E-state index in [0.29, 0.717) is 82.5 Å². The number of Topliss-reactive ketones (excluding diaryl/α,β-unsaturated/α-hetero) is 1. The van der Waals surface area contributed by atoms with Crippen LogP contribution < -0.4 is 30.1 Å². The van der Waals surface area contributed by atoms with Crippen LogP contribution in [-0.2, 0) is 54.2 Å². The Morgan fingerprint density at radius 1 is 0.806 bits per heavy atom. The predicted octanol–water partition coefficient (Wildman–Crippen LogP) is 6.80. The molecule has 1 amide bonds. The summed E-state index contributed by atoms with van der Waals surface area (Å²) < 4.78 is 31.5. The lowest BCUT2D eigenvalue weighted by Gasteiger charge is -2.39. The first-order valence-corrected chi connectivity index (χ1v) is 26.6. The van der Waals surface area contributed by atoms with Gasteiger partial charge in [0.25, 0.3) is 0 Å². The number of ether oxygens (including phenoxy) is 5. The fourth-order valence-corrected chi connectivity index (χ4v) is 12.5. The predicted molar refractivity (Wildman–Crippen MR) is 262 cm³/mol. The number of esters is 1. The molecule has 0 unspecified atom stereocenters. The summed E-state index contributed by atoms with van der Waals surface area (Å²) in [5, 5.41) is 15.9. The molecule has 3 aromatic carbocycles. The van der Waals surface area contributed by atoms with Gasteiger partial charge in [-0.3, -0.25) is 14.4 Å². The highest BCUT2D eigenvalue weighted by Gasteiger charge is 2.36. The molecule has 5 aliphatic heterocycles. The zero-order valence-electron chi connectivity index (χ0n) is 39.4. The van der Waals surface area contributed by atoms with Crippen LogP contribution in [0.5, 0.6) is 11.5 Å². The van der Waals surface area contributed by atoms with E-state index in [0.717, 1.165) is 112 Å². The highest BCUT2D eigenvalue weighted by atomic mass is 33.1. The smallest absolute Gasteiger partial charge is 0.336 e. The van der Waals surface area contributed by atoms with Crippen LogP contribution in [0.25, 0.3) is 5.57 Å². The number of benzene rings is 3. The number of hydrogen-bond acceptors (Lipinski definition) is 12. The van der Waals surface area contributed by atoms with Gasteiger partial charge < -0.3 is 39.0 Å². The van der Waals surface area contributed by atoms with Crippen molar-refractivity contribution in [2.24, 2.45) is 0 Å². The van der Waals surface area contributed by atoms with E-state index in [2.05, 4.69) is 40.8 Å². The van der Waals surface area contributed by atoms with Crippen LogP contribution in [0.4, 0.5) is 5.69 Å². The second-order valence-corrected chi connectivity index (χ2v) is 21.6. The molecule has 2 N–H and O–H groups in total. The third-order valence-corrected chi connectivity index (χ3v) is 16.3. The average molecular weight is 957 g/mol. The number of rotatable bonds is 24. The minimum Gasteiger partial charge on any atom is -0.478 e. The van der Waals surface area contributed by atoms with Gasteiger partial charge in [-0.1, -0.05) is 27.7 Å². The first-order chi connectivity index (χ1) is 32.5. The van der Waals surface area contributed by atoms with E-state index >= 15 is 0 Å². The lowest BCUT2D eigenvalue weighted by molar-refractivity contribution is -0.141. The number of carbonyl (C=O) groups excluding carboxylic acids is 3. The van der Waals surface area contributed by atoms with Crippen molar-refractivity contribution >= 4 is 56.5 Å². The van der Waals surface area contributed by atoms with E-state index in [4.69, 9.17) is 23.7 Å². The normalized spacial score (nSPS) is 15.8. The molecule has 360 valence electrons. The molecule has 8 rings (SSSR count). The van der Waals surface area contributed by atoms with E-state index in [-0.39, 0.29) is 34.4 Å². The number of anilines is 1. The number of aromatic carboxylic acids is 1. The van der Waals surface area contributed by atoms with Crippen molar-refractivity contribution < 1.29 is 48.0 Å². The number of ketones is 1. The van der Waals surface area contributed by atoms with Gasteiger partial charge in [-0.15, -0.1) is 0 Å². The molecule has 0 bridgehead atoms. The molecule has 3 aromatic rings. The molecule has 0 radical (unpaired) electrons. The van der Waals surface area contributed by atoms with Gasteiger partial charge >= 0.3 is 11.9 Å². The Morgan fingerprint density at radius 3 is 2.36 bits per heavy atom. The number of carboxylic acid groups (broad SMARTS) is 1. The Balaban J connectivity index is 0.852. The molecule has 0 fully saturated rings. The van der Waals surface area contributed by atoms with E-state index in [1.807, 2.05) is 6.07 Å². The first-order valence-electron chi connectivity index (χ1n) is 24.3. The summed E-state index contributed by atoms with van der Waals surface area (Å²) in [7, 11) is 3.30. The molecule has 5 heterocycles. The lowest BCUT2D eigenvalue weighted by atomic mass is 9.81. The van der Waals surface area contributed by atoms with Gasteiger partial charge in [-0.05, 0) is 101 Å². The van der Waals surface area contributed by atoms with Gasteiger partial charge in [0.05, 0.1) is 44.2 Å². The van der Waals surface area contributed by atoms with Gasteiger partial charge in [0.1, 0.15) is 30.5 Å². The van der Waals surface area contributed by atoms with Crippen molar-refractivity contribution in [1.82, 2.24) is 9.89 Å². The third-order valence-electron chi connectivity index (χ3n) is 13.3. The molecule has 0 saturated carbocycles. The van der Waals surface area contributed by atoms with Crippen molar-refractivity contribution in [1.29, 1.82) is 0 Å². The quantitative estimate of drug-likeness (QED) is 0.0189. The largest absolute Gasteiger partial charge is 0.478 e. The van der Waals surface area contributed by atoms with Crippen molar-refractivity contribution in [2.75, 3.05) is 83.2 Å². The summed E-state index contributed by atoms with van der Waals surface area (Å²) in [4.78, 5) is 52.8. The van der Waals surface area contributed by atoms with Crippen molar-refractivity contribution in [2.45, 2.75) is 109 Å². The van der Waals surface area contributed by atoms with Gasteiger partial charge in [0, 0.05) is 109 Å². The standard InChI is InChI=1S/C52H65N3O10S2/c1-34(56)64-26-9-25-63-33-66-67-52(2,3)18-17-45(58)53-19-27-62-29-28-61-24-8-14-44(57)35-15-16-38(51(59)60)41(30-35)46-42-31-36-10-4-20-54-22-6-12-39(47(36)54)49(42)65-50-40-13-7-23-55-21-5-11-37(48(40)55)32-43(46)50/h15-16,30-32H,4-14,17-29,33H2,1-3H3,(H-,53,58,59,60)/p+1. The molecule has 15 heteroatoms. The fourth-order valence-electron chi connectivity index (χ4n) is 10.2. The van der Waals surface area contributed by atoms with Crippen molar-refractivity contribution in [3.8, 4) is 11.5 Å². The maximum Gasteiger partial charge on any atom is 0.336 e. The van der Waals surface area contributed by atoms with Gasteiger partial charge in [-0.2, -0.15) is 0 Å². The molecular weight excluding hydrogens is 891 g/mol. The molecule has 0 atom stereocenters. The molecule has 0 spiro atoms. The summed E-state index contributed by atoms with van der Waals surface area (Å²) in [6.07, 6.45) is 10.6. The van der Waals surface area contributed by atoms with E-state index in [1.165, 1.54) is 40.2 Å². The average Bonchev–Trinajstić information content (AvgIpc) is 3.32. The number of nitrogens with zero attached hydrogens (tertiary/aromatic N) is 2. The van der Waals surface area contributed by atoms with Gasteiger partial charge in [-0.25, -0.2) is 9.37 Å². The molecule has 0 aliphatic carbocycles. The van der Waals surface area contributed by atoms with E-state index in [9.17, 15) is 24.3 Å². The highest BCUT2D eigenvalue weighted by molar-refractivity contribution is 8.77. The Labute approximate surface area is 401 Å². The van der Waals surface area contributed by atoms with Crippen LogP contribution in [-0.4, -0.2) is 112 Å². The first kappa shape index (κ1) is 49.0. The maximum atomic E-state index is 13.9. The molecule has 0 aromatic heterocycles. The van der Waals surface area contributed by atoms with Crippen LogP contribution in [0.3, 0.4) is 0 Å². The summed E-state index contributed by atoms with van der Waals surface area (Å²) in [5.74, 6) is 0.840. The third kappa shape index (κ3) is 11.9. The Bertz CT molecular complexity index is 2480. The number of fused-ring (bicyclic) bond motifs is 4. The Morgan fingerprint density at radius 2 is 1.55 bits per heavy atom. The van der Waals surface area contributed by atoms with E-state index < -0.39 is 5.97 Å². The van der Waals surface area contributed by atoms with Crippen LogP contribution in [0, 0.1) is 0 Å². The maximum absolute atomic E-state index is 13.9. The SMILES string of the molecule is CC(=O)OCCCOCSSC(C)(C)CCC(=O)NCCOCCOCCCC(=O)c1ccc(C(=O)O)c(C2=c3cc4c5c(c3Oc3c2cc2c6c3CCCN6CCC2)CCC[N+]=5CCC4)c1. The number of carboxylic acids is 1. The number of hydrogen-bond donors (Lipinski definition) is 2. The second-order valence-electron chi connectivity index (χ2n) is 18.7. The fraction of sp³-hybridized carbons (Fsp3) is 0.558. The Kier molecular flexibility index (Phi) is 16.7. The highest BCUT2D eigenvalue weighted by Crippen LogP contribution is 2.49. The minimum absolute atomic E-state index is 0.0188. The van der Waals surface area contributed by atoms with Crippen LogP contribution in [0.15, 0.2) is 30.3 Å². The van der Waals surface area contributed by atoms with Crippen molar-refractivity contribution in [3.63, 3.8) is 0 Å².